The van der Waals surface area contributed by atoms with Crippen LogP contribution >= 0.6 is 0 Å². The maximum absolute atomic E-state index is 4.79. The molecule has 1 aliphatic heterocycles. The summed E-state index contributed by atoms with van der Waals surface area (Å²) in [4.78, 5) is 18.6. The average Bonchev–Trinajstić information content (AvgIpc) is 2.95. The quantitative estimate of drug-likeness (QED) is 0.849. The highest BCUT2D eigenvalue weighted by Crippen LogP contribution is 2.30. The lowest BCUT2D eigenvalue weighted by molar-refractivity contribution is 0.236. The van der Waals surface area contributed by atoms with Gasteiger partial charge < -0.3 is 4.90 Å². The SMILES string of the molecule is Cc1cccc(CN2CCCC2c2nccc(CN(C)C)n2)n1. The van der Waals surface area contributed by atoms with E-state index in [1.54, 1.807) is 0 Å². The number of pyridine rings is 1. The predicted octanol–water partition coefficient (Wildman–Crippen LogP) is 2.58. The Labute approximate surface area is 138 Å². The minimum absolute atomic E-state index is 0.305. The number of aromatic nitrogens is 3. The van der Waals surface area contributed by atoms with E-state index in [1.165, 1.54) is 6.42 Å². The predicted molar refractivity (Wildman–Crippen MR) is 90.8 cm³/mol. The highest BCUT2D eigenvalue weighted by molar-refractivity contribution is 5.12. The Morgan fingerprint density at radius 3 is 2.83 bits per heavy atom. The van der Waals surface area contributed by atoms with Crippen LogP contribution in [-0.2, 0) is 13.1 Å². The summed E-state index contributed by atoms with van der Waals surface area (Å²) in [5.74, 6) is 0.953. The first-order valence-electron chi connectivity index (χ1n) is 8.25. The average molecular weight is 311 g/mol. The van der Waals surface area contributed by atoms with Crippen LogP contribution in [-0.4, -0.2) is 45.4 Å². The Kier molecular flexibility index (Phi) is 4.98. The number of hydrogen-bond acceptors (Lipinski definition) is 5. The van der Waals surface area contributed by atoms with Gasteiger partial charge in [0.2, 0.25) is 0 Å². The van der Waals surface area contributed by atoms with Crippen LogP contribution in [0.2, 0.25) is 0 Å². The van der Waals surface area contributed by atoms with E-state index in [9.17, 15) is 0 Å². The number of aryl methyl sites for hydroxylation is 1. The third-order valence-electron chi connectivity index (χ3n) is 4.18. The van der Waals surface area contributed by atoms with E-state index in [1.807, 2.05) is 25.3 Å². The van der Waals surface area contributed by atoms with Crippen molar-refractivity contribution < 1.29 is 0 Å². The van der Waals surface area contributed by atoms with Gasteiger partial charge >= 0.3 is 0 Å². The lowest BCUT2D eigenvalue weighted by atomic mass is 10.2. The molecule has 1 saturated heterocycles. The fraction of sp³-hybridized carbons (Fsp3) is 0.500. The molecule has 0 aliphatic carbocycles. The van der Waals surface area contributed by atoms with Gasteiger partial charge in [0.25, 0.3) is 0 Å². The summed E-state index contributed by atoms with van der Waals surface area (Å²) >= 11 is 0. The van der Waals surface area contributed by atoms with Crippen LogP contribution in [0.1, 0.15) is 41.8 Å². The maximum Gasteiger partial charge on any atom is 0.145 e. The van der Waals surface area contributed by atoms with Crippen molar-refractivity contribution in [2.45, 2.75) is 38.9 Å². The van der Waals surface area contributed by atoms with Crippen molar-refractivity contribution in [3.8, 4) is 0 Å². The van der Waals surface area contributed by atoms with Gasteiger partial charge in [0, 0.05) is 25.0 Å². The number of likely N-dealkylation sites (tertiary alicyclic amines) is 1. The maximum atomic E-state index is 4.79. The lowest BCUT2D eigenvalue weighted by Crippen LogP contribution is -2.25. The van der Waals surface area contributed by atoms with E-state index < -0.39 is 0 Å². The van der Waals surface area contributed by atoms with Crippen molar-refractivity contribution in [2.75, 3.05) is 20.6 Å². The molecule has 5 heteroatoms. The van der Waals surface area contributed by atoms with Crippen molar-refractivity contribution in [1.29, 1.82) is 0 Å². The molecule has 23 heavy (non-hydrogen) atoms. The molecule has 0 radical (unpaired) electrons. The van der Waals surface area contributed by atoms with Crippen molar-refractivity contribution >= 4 is 0 Å². The smallest absolute Gasteiger partial charge is 0.145 e. The molecule has 1 atom stereocenters. The molecule has 122 valence electrons. The molecule has 3 heterocycles. The van der Waals surface area contributed by atoms with Gasteiger partial charge in [-0.1, -0.05) is 6.07 Å². The van der Waals surface area contributed by atoms with Gasteiger partial charge in [-0.15, -0.1) is 0 Å². The molecule has 3 rings (SSSR count). The molecule has 1 aliphatic rings. The Hall–Kier alpha value is -1.85. The molecule has 1 fully saturated rings. The minimum Gasteiger partial charge on any atom is -0.304 e. The molecule has 0 bridgehead atoms. The Bertz CT molecular complexity index is 655. The molecular formula is C18H25N5. The third kappa shape index (κ3) is 4.12. The van der Waals surface area contributed by atoms with Crippen LogP contribution in [0.4, 0.5) is 0 Å². The van der Waals surface area contributed by atoms with Gasteiger partial charge in [0.15, 0.2) is 0 Å². The fourth-order valence-corrected chi connectivity index (χ4v) is 3.19. The zero-order valence-electron chi connectivity index (χ0n) is 14.2. The Morgan fingerprint density at radius 2 is 2.04 bits per heavy atom. The van der Waals surface area contributed by atoms with Gasteiger partial charge in [0.05, 0.1) is 17.4 Å². The highest BCUT2D eigenvalue weighted by atomic mass is 15.2. The molecule has 0 N–H and O–H groups in total. The van der Waals surface area contributed by atoms with Crippen LogP contribution in [0.15, 0.2) is 30.5 Å². The summed E-state index contributed by atoms with van der Waals surface area (Å²) in [6, 6.07) is 8.53. The van der Waals surface area contributed by atoms with Gasteiger partial charge in [-0.2, -0.15) is 0 Å². The molecule has 0 spiro atoms. The number of nitrogens with zero attached hydrogens (tertiary/aromatic N) is 5. The van der Waals surface area contributed by atoms with Gasteiger partial charge in [-0.05, 0) is 58.6 Å². The fourth-order valence-electron chi connectivity index (χ4n) is 3.19. The minimum atomic E-state index is 0.305. The molecule has 1 unspecified atom stereocenters. The second-order valence-electron chi connectivity index (χ2n) is 6.54. The Balaban J connectivity index is 1.76. The summed E-state index contributed by atoms with van der Waals surface area (Å²) in [5, 5.41) is 0. The van der Waals surface area contributed by atoms with E-state index in [-0.39, 0.29) is 0 Å². The standard InChI is InChI=1S/C18H25N5/c1-14-6-4-7-15(20-14)13-23-11-5-8-17(23)18-19-10-9-16(21-18)12-22(2)3/h4,6-7,9-10,17H,5,8,11-13H2,1-3H3. The van der Waals surface area contributed by atoms with E-state index >= 15 is 0 Å². The zero-order chi connectivity index (χ0) is 16.2. The lowest BCUT2D eigenvalue weighted by Gasteiger charge is -2.23. The van der Waals surface area contributed by atoms with E-state index in [0.29, 0.717) is 6.04 Å². The van der Waals surface area contributed by atoms with Gasteiger partial charge in [-0.3, -0.25) is 9.88 Å². The zero-order valence-corrected chi connectivity index (χ0v) is 14.2. The summed E-state index contributed by atoms with van der Waals surface area (Å²) < 4.78 is 0. The van der Waals surface area contributed by atoms with Crippen LogP contribution in [0, 0.1) is 6.92 Å². The van der Waals surface area contributed by atoms with Crippen LogP contribution in [0.5, 0.6) is 0 Å². The van der Waals surface area contributed by atoms with E-state index in [4.69, 9.17) is 4.98 Å². The van der Waals surface area contributed by atoms with Crippen LogP contribution in [0.3, 0.4) is 0 Å². The molecule has 0 amide bonds. The largest absolute Gasteiger partial charge is 0.304 e. The molecular weight excluding hydrogens is 286 g/mol. The Morgan fingerprint density at radius 1 is 1.17 bits per heavy atom. The molecule has 0 aromatic carbocycles. The summed E-state index contributed by atoms with van der Waals surface area (Å²) in [6.07, 6.45) is 4.21. The van der Waals surface area contributed by atoms with Crippen molar-refractivity contribution in [2.24, 2.45) is 0 Å². The second-order valence-corrected chi connectivity index (χ2v) is 6.54. The normalized spacial score (nSPS) is 18.7. The number of hydrogen-bond donors (Lipinski definition) is 0. The first-order valence-corrected chi connectivity index (χ1v) is 8.25. The molecule has 2 aromatic rings. The summed E-state index contributed by atoms with van der Waals surface area (Å²) in [5.41, 5.74) is 3.28. The topological polar surface area (TPSA) is 45.2 Å². The van der Waals surface area contributed by atoms with Crippen LogP contribution < -0.4 is 0 Å². The highest BCUT2D eigenvalue weighted by Gasteiger charge is 2.28. The van der Waals surface area contributed by atoms with Crippen molar-refractivity contribution in [3.05, 3.63) is 53.4 Å². The second kappa shape index (κ2) is 7.15. The molecule has 0 saturated carbocycles. The summed E-state index contributed by atoms with van der Waals surface area (Å²) in [6.45, 7) is 4.84. The number of rotatable bonds is 5. The van der Waals surface area contributed by atoms with Crippen molar-refractivity contribution in [3.63, 3.8) is 0 Å². The van der Waals surface area contributed by atoms with Gasteiger partial charge in [-0.25, -0.2) is 9.97 Å². The first kappa shape index (κ1) is 16.0. The van der Waals surface area contributed by atoms with E-state index in [2.05, 4.69) is 46.0 Å². The third-order valence-corrected chi connectivity index (χ3v) is 4.18. The molecule has 2 aromatic heterocycles. The van der Waals surface area contributed by atoms with Crippen LogP contribution in [0.25, 0.3) is 0 Å². The monoisotopic (exact) mass is 311 g/mol. The van der Waals surface area contributed by atoms with Crippen molar-refractivity contribution in [1.82, 2.24) is 24.8 Å². The van der Waals surface area contributed by atoms with Gasteiger partial charge in [0.1, 0.15) is 5.82 Å². The van der Waals surface area contributed by atoms with E-state index in [0.717, 1.165) is 49.0 Å². The first-order chi connectivity index (χ1) is 11.1. The summed E-state index contributed by atoms with van der Waals surface area (Å²) in [7, 11) is 4.13. The molecule has 5 nitrogen and oxygen atoms in total.